The van der Waals surface area contributed by atoms with E-state index < -0.39 is 0 Å². The molecule has 4 rings (SSSR count). The Bertz CT molecular complexity index is 832. The van der Waals surface area contributed by atoms with Crippen LogP contribution in [0.3, 0.4) is 0 Å². The molecule has 0 spiro atoms. The molecule has 0 bridgehead atoms. The normalized spacial score (nSPS) is 17.4. The summed E-state index contributed by atoms with van der Waals surface area (Å²) in [4.78, 5) is 26.3. The summed E-state index contributed by atoms with van der Waals surface area (Å²) in [5.41, 5.74) is 4.18. The molecule has 5 heteroatoms. The Hall–Kier alpha value is -2.27. The standard InChI is InChI=1S/C22H28N4O/c1-22(2,3)21-23-13-17(14-24-21)20(27)26-12-9-18-16(7-6-8-19(18)26)15-25-10-4-5-11-25/h6-8,13-14H,4-5,9-12,15H2,1-3H3. The van der Waals surface area contributed by atoms with Crippen LogP contribution >= 0.6 is 0 Å². The maximum absolute atomic E-state index is 13.1. The second kappa shape index (κ2) is 7.04. The average Bonchev–Trinajstić information content (AvgIpc) is 3.30. The number of nitrogens with zero attached hydrogens (tertiary/aromatic N) is 4. The molecule has 2 aliphatic rings. The Morgan fingerprint density at radius 1 is 1.07 bits per heavy atom. The van der Waals surface area contributed by atoms with E-state index in [9.17, 15) is 4.79 Å². The largest absolute Gasteiger partial charge is 0.308 e. The van der Waals surface area contributed by atoms with Crippen molar-refractivity contribution in [3.63, 3.8) is 0 Å². The molecule has 1 aromatic carbocycles. The van der Waals surface area contributed by atoms with Crippen LogP contribution in [0.4, 0.5) is 5.69 Å². The highest BCUT2D eigenvalue weighted by Gasteiger charge is 2.28. The van der Waals surface area contributed by atoms with Crippen molar-refractivity contribution in [3.8, 4) is 0 Å². The van der Waals surface area contributed by atoms with Crippen LogP contribution in [0.2, 0.25) is 0 Å². The molecule has 0 atom stereocenters. The smallest absolute Gasteiger partial charge is 0.261 e. The van der Waals surface area contributed by atoms with E-state index in [2.05, 4.69) is 53.8 Å². The first kappa shape index (κ1) is 18.1. The summed E-state index contributed by atoms with van der Waals surface area (Å²) in [6.45, 7) is 10.3. The second-order valence-electron chi connectivity index (χ2n) is 8.65. The topological polar surface area (TPSA) is 49.3 Å². The van der Waals surface area contributed by atoms with Crippen molar-refractivity contribution >= 4 is 11.6 Å². The van der Waals surface area contributed by atoms with Crippen LogP contribution in [-0.4, -0.2) is 40.4 Å². The fourth-order valence-electron chi connectivity index (χ4n) is 4.03. The molecule has 27 heavy (non-hydrogen) atoms. The quantitative estimate of drug-likeness (QED) is 0.835. The molecule has 142 valence electrons. The van der Waals surface area contributed by atoms with Crippen LogP contribution in [0.25, 0.3) is 0 Å². The third kappa shape index (κ3) is 3.61. The van der Waals surface area contributed by atoms with E-state index in [4.69, 9.17) is 0 Å². The van der Waals surface area contributed by atoms with E-state index in [1.165, 1.54) is 37.1 Å². The van der Waals surface area contributed by atoms with Crippen LogP contribution < -0.4 is 4.90 Å². The van der Waals surface area contributed by atoms with Gasteiger partial charge >= 0.3 is 0 Å². The molecular formula is C22H28N4O. The number of likely N-dealkylation sites (tertiary alicyclic amines) is 1. The SMILES string of the molecule is CC(C)(C)c1ncc(C(=O)N2CCc3c(CN4CCCC4)cccc32)cn1. The molecule has 5 nitrogen and oxygen atoms in total. The van der Waals surface area contributed by atoms with Crippen molar-refractivity contribution < 1.29 is 4.79 Å². The van der Waals surface area contributed by atoms with Gasteiger partial charge in [-0.1, -0.05) is 32.9 Å². The number of rotatable bonds is 3. The number of anilines is 1. The third-order valence-corrected chi connectivity index (χ3v) is 5.53. The molecule has 0 saturated carbocycles. The van der Waals surface area contributed by atoms with Crippen LogP contribution in [0.5, 0.6) is 0 Å². The Labute approximate surface area is 161 Å². The van der Waals surface area contributed by atoms with Crippen LogP contribution in [0, 0.1) is 0 Å². The summed E-state index contributed by atoms with van der Waals surface area (Å²) < 4.78 is 0. The van der Waals surface area contributed by atoms with E-state index >= 15 is 0 Å². The Balaban J connectivity index is 1.56. The zero-order valence-corrected chi connectivity index (χ0v) is 16.5. The van der Waals surface area contributed by atoms with E-state index in [0.717, 1.165) is 31.0 Å². The predicted octanol–water partition coefficient (Wildman–Crippen LogP) is 3.57. The number of benzene rings is 1. The van der Waals surface area contributed by atoms with Gasteiger partial charge in [0, 0.05) is 36.6 Å². The van der Waals surface area contributed by atoms with Gasteiger partial charge in [-0.15, -0.1) is 0 Å². The molecule has 1 fully saturated rings. The van der Waals surface area contributed by atoms with Gasteiger partial charge in [0.2, 0.25) is 0 Å². The van der Waals surface area contributed by atoms with Crippen molar-refractivity contribution in [1.29, 1.82) is 0 Å². The van der Waals surface area contributed by atoms with Gasteiger partial charge in [-0.05, 0) is 49.5 Å². The summed E-state index contributed by atoms with van der Waals surface area (Å²) >= 11 is 0. The summed E-state index contributed by atoms with van der Waals surface area (Å²) in [7, 11) is 0. The van der Waals surface area contributed by atoms with Gasteiger partial charge in [0.15, 0.2) is 0 Å². The molecule has 1 aromatic heterocycles. The van der Waals surface area contributed by atoms with E-state index in [0.29, 0.717) is 5.56 Å². The van der Waals surface area contributed by atoms with Crippen LogP contribution in [0.1, 0.15) is 60.9 Å². The second-order valence-corrected chi connectivity index (χ2v) is 8.65. The third-order valence-electron chi connectivity index (χ3n) is 5.53. The van der Waals surface area contributed by atoms with Gasteiger partial charge in [-0.3, -0.25) is 9.69 Å². The highest BCUT2D eigenvalue weighted by molar-refractivity contribution is 6.07. The lowest BCUT2D eigenvalue weighted by Crippen LogP contribution is -2.29. The summed E-state index contributed by atoms with van der Waals surface area (Å²) in [6.07, 6.45) is 6.85. The van der Waals surface area contributed by atoms with Crippen molar-refractivity contribution in [1.82, 2.24) is 14.9 Å². The molecule has 0 unspecified atom stereocenters. The number of fused-ring (bicyclic) bond motifs is 1. The first-order valence-corrected chi connectivity index (χ1v) is 9.91. The van der Waals surface area contributed by atoms with Gasteiger partial charge in [-0.2, -0.15) is 0 Å². The van der Waals surface area contributed by atoms with Gasteiger partial charge in [0.25, 0.3) is 5.91 Å². The number of aromatic nitrogens is 2. The number of hydrogen-bond acceptors (Lipinski definition) is 4. The minimum atomic E-state index is -0.119. The number of carbonyl (C=O) groups excluding carboxylic acids is 1. The maximum atomic E-state index is 13.1. The summed E-state index contributed by atoms with van der Waals surface area (Å²) in [5, 5.41) is 0. The number of amides is 1. The van der Waals surface area contributed by atoms with Crippen LogP contribution in [0.15, 0.2) is 30.6 Å². The minimum Gasteiger partial charge on any atom is -0.308 e. The zero-order valence-electron chi connectivity index (χ0n) is 16.5. The van der Waals surface area contributed by atoms with Crippen LogP contribution in [-0.2, 0) is 18.4 Å². The Morgan fingerprint density at radius 3 is 2.44 bits per heavy atom. The number of hydrogen-bond donors (Lipinski definition) is 0. The van der Waals surface area contributed by atoms with Gasteiger partial charge in [-0.25, -0.2) is 9.97 Å². The molecule has 3 heterocycles. The molecule has 0 aliphatic carbocycles. The Kier molecular flexibility index (Phi) is 4.72. The molecule has 2 aromatic rings. The zero-order chi connectivity index (χ0) is 19.0. The number of carbonyl (C=O) groups is 1. The molecule has 2 aliphatic heterocycles. The van der Waals surface area contributed by atoms with Crippen molar-refractivity contribution in [2.45, 2.75) is 52.0 Å². The fraction of sp³-hybridized carbons (Fsp3) is 0.500. The fourth-order valence-corrected chi connectivity index (χ4v) is 4.03. The highest BCUT2D eigenvalue weighted by Crippen LogP contribution is 2.33. The van der Waals surface area contributed by atoms with Gasteiger partial charge in [0.05, 0.1) is 5.56 Å². The van der Waals surface area contributed by atoms with Crippen molar-refractivity contribution in [2.24, 2.45) is 0 Å². The first-order chi connectivity index (χ1) is 12.9. The molecule has 1 amide bonds. The predicted molar refractivity (Wildman–Crippen MR) is 107 cm³/mol. The van der Waals surface area contributed by atoms with Crippen molar-refractivity contribution in [3.05, 3.63) is 53.1 Å². The van der Waals surface area contributed by atoms with E-state index in [1.54, 1.807) is 12.4 Å². The lowest BCUT2D eigenvalue weighted by atomic mass is 9.96. The average molecular weight is 364 g/mol. The van der Waals surface area contributed by atoms with E-state index in [-0.39, 0.29) is 11.3 Å². The summed E-state index contributed by atoms with van der Waals surface area (Å²) in [6, 6.07) is 6.36. The lowest BCUT2D eigenvalue weighted by Gasteiger charge is -2.20. The molecule has 0 N–H and O–H groups in total. The van der Waals surface area contributed by atoms with Gasteiger partial charge < -0.3 is 4.90 Å². The lowest BCUT2D eigenvalue weighted by molar-refractivity contribution is 0.0988. The summed E-state index contributed by atoms with van der Waals surface area (Å²) in [5.74, 6) is 0.751. The molecule has 1 saturated heterocycles. The maximum Gasteiger partial charge on any atom is 0.261 e. The monoisotopic (exact) mass is 364 g/mol. The van der Waals surface area contributed by atoms with Gasteiger partial charge in [0.1, 0.15) is 5.82 Å². The van der Waals surface area contributed by atoms with Crippen molar-refractivity contribution in [2.75, 3.05) is 24.5 Å². The van der Waals surface area contributed by atoms with E-state index in [1.807, 2.05) is 4.90 Å². The Morgan fingerprint density at radius 2 is 1.78 bits per heavy atom. The molecule has 0 radical (unpaired) electrons. The molecular weight excluding hydrogens is 336 g/mol. The minimum absolute atomic E-state index is 0.00692. The highest BCUT2D eigenvalue weighted by atomic mass is 16.2. The first-order valence-electron chi connectivity index (χ1n) is 9.91.